The summed E-state index contributed by atoms with van der Waals surface area (Å²) in [6.07, 6.45) is 4.85. The Kier molecular flexibility index (Phi) is 5.87. The lowest BCUT2D eigenvalue weighted by Crippen LogP contribution is -2.48. The van der Waals surface area contributed by atoms with Crippen molar-refractivity contribution in [2.75, 3.05) is 31.1 Å². The molecule has 1 aliphatic heterocycles. The predicted octanol–water partition coefficient (Wildman–Crippen LogP) is 4.12. The van der Waals surface area contributed by atoms with E-state index in [0.29, 0.717) is 18.7 Å². The number of piperazine rings is 1. The van der Waals surface area contributed by atoms with Gasteiger partial charge in [-0.1, -0.05) is 12.1 Å². The molecule has 3 rings (SSSR count). The molecular weight excluding hydrogens is 383 g/mol. The number of hydrogen-bond acceptors (Lipinski definition) is 5. The molecule has 0 spiro atoms. The predicted molar refractivity (Wildman–Crippen MR) is 98.3 cm³/mol. The van der Waals surface area contributed by atoms with Crippen LogP contribution in [-0.4, -0.2) is 47.5 Å². The summed E-state index contributed by atoms with van der Waals surface area (Å²) in [6.45, 7) is 2.70. The molecule has 1 amide bonds. The second-order valence-corrected chi connectivity index (χ2v) is 7.59. The first-order chi connectivity index (χ1) is 12.4. The van der Waals surface area contributed by atoms with Crippen LogP contribution in [0, 0.1) is 0 Å². The smallest absolute Gasteiger partial charge is 0.345 e. The van der Waals surface area contributed by atoms with Crippen molar-refractivity contribution in [2.24, 2.45) is 0 Å². The van der Waals surface area contributed by atoms with Crippen LogP contribution in [0.1, 0.15) is 5.56 Å². The van der Waals surface area contributed by atoms with Crippen LogP contribution >= 0.6 is 23.1 Å². The highest BCUT2D eigenvalue weighted by atomic mass is 32.2. The van der Waals surface area contributed by atoms with Gasteiger partial charge in [0.25, 0.3) is 0 Å². The molecule has 0 saturated carbocycles. The summed E-state index contributed by atoms with van der Waals surface area (Å²) in [5.74, 6) is -0.0995. The minimum atomic E-state index is -4.30. The zero-order valence-electron chi connectivity index (χ0n) is 13.6. The number of alkyl halides is 3. The Morgan fingerprint density at radius 2 is 1.85 bits per heavy atom. The quantitative estimate of drug-likeness (QED) is 0.573. The number of carbonyl (C=O) groups is 1. The maximum absolute atomic E-state index is 12.3. The van der Waals surface area contributed by atoms with E-state index < -0.39 is 5.51 Å². The van der Waals surface area contributed by atoms with Crippen LogP contribution in [-0.2, 0) is 4.79 Å². The Labute approximate surface area is 157 Å². The first kappa shape index (κ1) is 18.8. The number of halogens is 3. The molecular formula is C17H16F3N3OS2. The van der Waals surface area contributed by atoms with Crippen molar-refractivity contribution >= 4 is 40.2 Å². The van der Waals surface area contributed by atoms with Gasteiger partial charge in [-0.05, 0) is 35.5 Å². The van der Waals surface area contributed by atoms with E-state index in [4.69, 9.17) is 0 Å². The van der Waals surface area contributed by atoms with Crippen molar-refractivity contribution in [1.29, 1.82) is 0 Å². The maximum atomic E-state index is 12.3. The Morgan fingerprint density at radius 1 is 1.15 bits per heavy atom. The summed E-state index contributed by atoms with van der Waals surface area (Å²) in [7, 11) is 0. The molecule has 9 heteroatoms. The van der Waals surface area contributed by atoms with Crippen LogP contribution in [0.5, 0.6) is 0 Å². The molecule has 0 aliphatic carbocycles. The van der Waals surface area contributed by atoms with Gasteiger partial charge in [-0.25, -0.2) is 4.98 Å². The SMILES string of the molecule is O=C(/C=C/c1ccc(SC(F)(F)F)cc1)N1CCN(c2nccs2)CC1. The van der Waals surface area contributed by atoms with Crippen LogP contribution in [0.4, 0.5) is 18.3 Å². The molecule has 1 fully saturated rings. The van der Waals surface area contributed by atoms with E-state index in [1.54, 1.807) is 40.6 Å². The number of carbonyl (C=O) groups excluding carboxylic acids is 1. The molecule has 4 nitrogen and oxygen atoms in total. The fourth-order valence-electron chi connectivity index (χ4n) is 2.54. The van der Waals surface area contributed by atoms with Gasteiger partial charge in [0, 0.05) is 48.7 Å². The van der Waals surface area contributed by atoms with Crippen molar-refractivity contribution in [3.63, 3.8) is 0 Å². The summed E-state index contributed by atoms with van der Waals surface area (Å²) in [6, 6.07) is 5.93. The third kappa shape index (κ3) is 5.25. The molecule has 1 saturated heterocycles. The van der Waals surface area contributed by atoms with Crippen molar-refractivity contribution in [2.45, 2.75) is 10.4 Å². The third-order valence-corrected chi connectivity index (χ3v) is 5.38. The summed E-state index contributed by atoms with van der Waals surface area (Å²) >= 11 is 1.42. The highest BCUT2D eigenvalue weighted by Gasteiger charge is 2.29. The van der Waals surface area contributed by atoms with Gasteiger partial charge in [-0.15, -0.1) is 11.3 Å². The van der Waals surface area contributed by atoms with Gasteiger partial charge in [0.2, 0.25) is 5.91 Å². The standard InChI is InChI=1S/C17H16F3N3OS2/c18-17(19,20)26-14-4-1-13(2-5-14)3-6-15(24)22-8-10-23(11-9-22)16-21-7-12-25-16/h1-7,12H,8-11H2/b6-3+. The zero-order chi connectivity index (χ0) is 18.6. The van der Waals surface area contributed by atoms with E-state index in [9.17, 15) is 18.0 Å². The normalized spacial score (nSPS) is 15.7. The third-order valence-electron chi connectivity index (χ3n) is 3.81. The highest BCUT2D eigenvalue weighted by Crippen LogP contribution is 2.36. The Morgan fingerprint density at radius 3 is 2.42 bits per heavy atom. The first-order valence-corrected chi connectivity index (χ1v) is 9.57. The Bertz CT molecular complexity index is 753. The van der Waals surface area contributed by atoms with Gasteiger partial charge in [0.1, 0.15) is 0 Å². The van der Waals surface area contributed by atoms with Gasteiger partial charge in [0.15, 0.2) is 5.13 Å². The van der Waals surface area contributed by atoms with E-state index in [2.05, 4.69) is 9.88 Å². The molecule has 1 aromatic heterocycles. The fraction of sp³-hybridized carbons (Fsp3) is 0.294. The van der Waals surface area contributed by atoms with Crippen molar-refractivity contribution in [3.05, 3.63) is 47.5 Å². The molecule has 26 heavy (non-hydrogen) atoms. The minimum absolute atomic E-state index is 0.0995. The number of nitrogens with zero attached hydrogens (tertiary/aromatic N) is 3. The Hall–Kier alpha value is -2.00. The Balaban J connectivity index is 1.52. The van der Waals surface area contributed by atoms with Gasteiger partial charge >= 0.3 is 5.51 Å². The van der Waals surface area contributed by atoms with Crippen LogP contribution in [0.15, 0.2) is 46.8 Å². The lowest BCUT2D eigenvalue weighted by Gasteiger charge is -2.34. The van der Waals surface area contributed by atoms with Gasteiger partial charge in [0.05, 0.1) is 0 Å². The van der Waals surface area contributed by atoms with Crippen molar-refractivity contribution in [1.82, 2.24) is 9.88 Å². The number of hydrogen-bond donors (Lipinski definition) is 0. The molecule has 0 radical (unpaired) electrons. The number of aromatic nitrogens is 1. The van der Waals surface area contributed by atoms with Crippen LogP contribution in [0.3, 0.4) is 0 Å². The van der Waals surface area contributed by atoms with Crippen LogP contribution in [0.2, 0.25) is 0 Å². The molecule has 1 aromatic carbocycles. The van der Waals surface area contributed by atoms with Gasteiger partial charge in [-0.2, -0.15) is 13.2 Å². The van der Waals surface area contributed by atoms with Gasteiger partial charge in [-0.3, -0.25) is 4.79 Å². The van der Waals surface area contributed by atoms with E-state index in [1.807, 2.05) is 5.38 Å². The van der Waals surface area contributed by atoms with E-state index in [1.165, 1.54) is 18.2 Å². The van der Waals surface area contributed by atoms with Gasteiger partial charge < -0.3 is 9.80 Å². The second-order valence-electron chi connectivity index (χ2n) is 5.58. The molecule has 0 unspecified atom stereocenters. The number of anilines is 1. The lowest BCUT2D eigenvalue weighted by molar-refractivity contribution is -0.126. The highest BCUT2D eigenvalue weighted by molar-refractivity contribution is 8.00. The van der Waals surface area contributed by atoms with Crippen LogP contribution < -0.4 is 4.90 Å². The molecule has 2 heterocycles. The fourth-order valence-corrected chi connectivity index (χ4v) is 3.78. The monoisotopic (exact) mass is 399 g/mol. The molecule has 2 aromatic rings. The average Bonchev–Trinajstić information content (AvgIpc) is 3.14. The molecule has 0 bridgehead atoms. The minimum Gasteiger partial charge on any atom is -0.345 e. The number of amides is 1. The largest absolute Gasteiger partial charge is 0.446 e. The summed E-state index contributed by atoms with van der Waals surface area (Å²) in [5, 5.41) is 2.89. The summed E-state index contributed by atoms with van der Waals surface area (Å²) in [5.41, 5.74) is -3.61. The number of thioether (sulfide) groups is 1. The lowest BCUT2D eigenvalue weighted by atomic mass is 10.2. The molecule has 0 atom stereocenters. The zero-order valence-corrected chi connectivity index (χ0v) is 15.3. The number of benzene rings is 1. The van der Waals surface area contributed by atoms with E-state index >= 15 is 0 Å². The maximum Gasteiger partial charge on any atom is 0.446 e. The summed E-state index contributed by atoms with van der Waals surface area (Å²) < 4.78 is 36.9. The second kappa shape index (κ2) is 8.13. The number of thiazole rings is 1. The first-order valence-electron chi connectivity index (χ1n) is 7.88. The topological polar surface area (TPSA) is 36.4 Å². The molecule has 138 valence electrons. The number of rotatable bonds is 4. The van der Waals surface area contributed by atoms with Crippen molar-refractivity contribution in [3.8, 4) is 0 Å². The summed E-state index contributed by atoms with van der Waals surface area (Å²) in [4.78, 5) is 20.6. The average molecular weight is 399 g/mol. The van der Waals surface area contributed by atoms with Crippen LogP contribution in [0.25, 0.3) is 6.08 Å². The van der Waals surface area contributed by atoms with Crippen molar-refractivity contribution < 1.29 is 18.0 Å². The van der Waals surface area contributed by atoms with E-state index in [-0.39, 0.29) is 22.6 Å². The molecule has 0 N–H and O–H groups in total. The molecule has 1 aliphatic rings. The van der Waals surface area contributed by atoms with E-state index in [0.717, 1.165) is 18.2 Å².